The Morgan fingerprint density at radius 1 is 1.26 bits per heavy atom. The van der Waals surface area contributed by atoms with Gasteiger partial charge in [-0.1, -0.05) is 23.2 Å². The Morgan fingerprint density at radius 3 is 2.42 bits per heavy atom. The molecule has 1 amide bonds. The summed E-state index contributed by atoms with van der Waals surface area (Å²) >= 11 is 11.7. The molecule has 0 aliphatic carbocycles. The topological polar surface area (TPSA) is 49.8 Å². The predicted octanol–water partition coefficient (Wildman–Crippen LogP) is 2.28. The molecule has 0 radical (unpaired) electrons. The minimum atomic E-state index is -0.897. The van der Waals surface area contributed by atoms with E-state index >= 15 is 0 Å². The van der Waals surface area contributed by atoms with Crippen LogP contribution in [-0.4, -0.2) is 42.2 Å². The maximum Gasteiger partial charge on any atom is 0.225 e. The Hall–Kier alpha value is -0.810. The van der Waals surface area contributed by atoms with Gasteiger partial charge in [0.25, 0.3) is 0 Å². The zero-order valence-corrected chi connectivity index (χ0v) is 11.8. The van der Waals surface area contributed by atoms with E-state index in [0.717, 1.165) is 0 Å². The van der Waals surface area contributed by atoms with E-state index in [1.807, 2.05) is 0 Å². The zero-order valence-electron chi connectivity index (χ0n) is 10.3. The Morgan fingerprint density at radius 2 is 1.84 bits per heavy atom. The predicted molar refractivity (Wildman–Crippen MR) is 73.4 cm³/mol. The molecule has 19 heavy (non-hydrogen) atoms. The number of halogens is 2. The molecule has 6 heteroatoms. The second kappa shape index (κ2) is 6.57. The van der Waals surface area contributed by atoms with Crippen molar-refractivity contribution >= 4 is 29.1 Å². The molecule has 0 aromatic heterocycles. The maximum atomic E-state index is 12.0. The van der Waals surface area contributed by atoms with Crippen LogP contribution in [-0.2, 0) is 9.53 Å². The normalized spacial score (nSPS) is 17.3. The standard InChI is InChI=1S/C13H15Cl2NO3/c14-10-5-9(6-11(15)7-10)12(17)8-13(18)16-1-3-19-4-2-16/h5-7,12,17H,1-4,8H2. The molecule has 0 spiro atoms. The average molecular weight is 304 g/mol. The summed E-state index contributed by atoms with van der Waals surface area (Å²) in [5, 5.41) is 11.0. The van der Waals surface area contributed by atoms with Gasteiger partial charge in [0.05, 0.1) is 25.7 Å². The van der Waals surface area contributed by atoms with Crippen LogP contribution in [0.5, 0.6) is 0 Å². The molecule has 1 unspecified atom stereocenters. The number of carbonyl (C=O) groups excluding carboxylic acids is 1. The number of rotatable bonds is 3. The van der Waals surface area contributed by atoms with E-state index in [0.29, 0.717) is 41.9 Å². The van der Waals surface area contributed by atoms with Crippen molar-refractivity contribution in [2.75, 3.05) is 26.3 Å². The van der Waals surface area contributed by atoms with Gasteiger partial charge in [0, 0.05) is 23.1 Å². The van der Waals surface area contributed by atoms with Gasteiger partial charge in [0.1, 0.15) is 0 Å². The number of aliphatic hydroxyl groups excluding tert-OH is 1. The number of ether oxygens (including phenoxy) is 1. The molecular formula is C13H15Cl2NO3. The third kappa shape index (κ3) is 4.08. The van der Waals surface area contributed by atoms with E-state index in [1.165, 1.54) is 0 Å². The van der Waals surface area contributed by atoms with Crippen molar-refractivity contribution in [1.82, 2.24) is 4.90 Å². The number of aliphatic hydroxyl groups is 1. The van der Waals surface area contributed by atoms with Gasteiger partial charge in [-0.3, -0.25) is 4.79 Å². The minimum absolute atomic E-state index is 0.0245. The van der Waals surface area contributed by atoms with E-state index in [4.69, 9.17) is 27.9 Å². The molecule has 1 aliphatic heterocycles. The molecule has 2 rings (SSSR count). The van der Waals surface area contributed by atoms with Crippen LogP contribution in [0, 0.1) is 0 Å². The molecule has 1 aliphatic rings. The Balaban J connectivity index is 1.99. The summed E-state index contributed by atoms with van der Waals surface area (Å²) in [6.07, 6.45) is -0.872. The van der Waals surface area contributed by atoms with Crippen LogP contribution in [0.3, 0.4) is 0 Å². The lowest BCUT2D eigenvalue weighted by molar-refractivity contribution is -0.137. The molecule has 104 valence electrons. The highest BCUT2D eigenvalue weighted by Gasteiger charge is 2.21. The van der Waals surface area contributed by atoms with E-state index in [9.17, 15) is 9.90 Å². The first-order valence-electron chi connectivity index (χ1n) is 6.06. The molecule has 0 saturated carbocycles. The molecule has 1 fully saturated rings. The minimum Gasteiger partial charge on any atom is -0.388 e. The summed E-state index contributed by atoms with van der Waals surface area (Å²) in [4.78, 5) is 13.7. The van der Waals surface area contributed by atoms with Crippen molar-refractivity contribution in [3.8, 4) is 0 Å². The summed E-state index contributed by atoms with van der Waals surface area (Å²) in [5.41, 5.74) is 0.555. The van der Waals surface area contributed by atoms with Crippen molar-refractivity contribution < 1.29 is 14.6 Å². The van der Waals surface area contributed by atoms with Gasteiger partial charge in [0.2, 0.25) is 5.91 Å². The summed E-state index contributed by atoms with van der Waals surface area (Å²) in [5.74, 6) is -0.0908. The van der Waals surface area contributed by atoms with E-state index in [2.05, 4.69) is 0 Å². The second-order valence-corrected chi connectivity index (χ2v) is 5.29. The smallest absolute Gasteiger partial charge is 0.225 e. The van der Waals surface area contributed by atoms with E-state index in [-0.39, 0.29) is 12.3 Å². The van der Waals surface area contributed by atoms with Crippen molar-refractivity contribution in [1.29, 1.82) is 0 Å². The number of nitrogens with zero attached hydrogens (tertiary/aromatic N) is 1. The molecule has 4 nitrogen and oxygen atoms in total. The Bertz CT molecular complexity index is 441. The maximum absolute atomic E-state index is 12.0. The van der Waals surface area contributed by atoms with Crippen molar-refractivity contribution in [3.05, 3.63) is 33.8 Å². The van der Waals surface area contributed by atoms with Crippen LogP contribution in [0.15, 0.2) is 18.2 Å². The van der Waals surface area contributed by atoms with Crippen molar-refractivity contribution in [2.45, 2.75) is 12.5 Å². The average Bonchev–Trinajstić information content (AvgIpc) is 2.38. The van der Waals surface area contributed by atoms with Crippen LogP contribution in [0.1, 0.15) is 18.1 Å². The Kier molecular flexibility index (Phi) is 5.05. The highest BCUT2D eigenvalue weighted by molar-refractivity contribution is 6.34. The number of benzene rings is 1. The van der Waals surface area contributed by atoms with Crippen LogP contribution in [0.2, 0.25) is 10.0 Å². The fraction of sp³-hybridized carbons (Fsp3) is 0.462. The highest BCUT2D eigenvalue weighted by Crippen LogP contribution is 2.25. The first kappa shape index (κ1) is 14.6. The number of amides is 1. The van der Waals surface area contributed by atoms with Crippen LogP contribution < -0.4 is 0 Å². The highest BCUT2D eigenvalue weighted by atomic mass is 35.5. The van der Waals surface area contributed by atoms with E-state index in [1.54, 1.807) is 23.1 Å². The molecule has 1 heterocycles. The van der Waals surface area contributed by atoms with Crippen LogP contribution >= 0.6 is 23.2 Å². The number of hydrogen-bond acceptors (Lipinski definition) is 3. The fourth-order valence-electron chi connectivity index (χ4n) is 1.99. The largest absolute Gasteiger partial charge is 0.388 e. The van der Waals surface area contributed by atoms with Gasteiger partial charge >= 0.3 is 0 Å². The molecule has 0 bridgehead atoms. The summed E-state index contributed by atoms with van der Waals surface area (Å²) in [6, 6.07) is 4.82. The Labute approximate surface area is 121 Å². The SMILES string of the molecule is O=C(CC(O)c1cc(Cl)cc(Cl)c1)N1CCOCC1. The monoisotopic (exact) mass is 303 g/mol. The molecule has 1 N–H and O–H groups in total. The summed E-state index contributed by atoms with van der Waals surface area (Å²) in [6.45, 7) is 2.24. The zero-order chi connectivity index (χ0) is 13.8. The quantitative estimate of drug-likeness (QED) is 0.932. The summed E-state index contributed by atoms with van der Waals surface area (Å²) in [7, 11) is 0. The van der Waals surface area contributed by atoms with Crippen molar-refractivity contribution in [2.24, 2.45) is 0 Å². The van der Waals surface area contributed by atoms with Gasteiger partial charge in [-0.2, -0.15) is 0 Å². The third-order valence-electron chi connectivity index (χ3n) is 3.00. The first-order valence-corrected chi connectivity index (χ1v) is 6.81. The third-order valence-corrected chi connectivity index (χ3v) is 3.44. The van der Waals surface area contributed by atoms with Crippen LogP contribution in [0.25, 0.3) is 0 Å². The lowest BCUT2D eigenvalue weighted by Crippen LogP contribution is -2.41. The van der Waals surface area contributed by atoms with Crippen LogP contribution in [0.4, 0.5) is 0 Å². The molecule has 1 aromatic carbocycles. The van der Waals surface area contributed by atoms with Gasteiger partial charge in [-0.05, 0) is 23.8 Å². The van der Waals surface area contributed by atoms with Crippen molar-refractivity contribution in [3.63, 3.8) is 0 Å². The summed E-state index contributed by atoms with van der Waals surface area (Å²) < 4.78 is 5.18. The molecular weight excluding hydrogens is 289 g/mol. The first-order chi connectivity index (χ1) is 9.06. The van der Waals surface area contributed by atoms with Gasteiger partial charge < -0.3 is 14.7 Å². The fourth-order valence-corrected chi connectivity index (χ4v) is 2.54. The van der Waals surface area contributed by atoms with E-state index < -0.39 is 6.10 Å². The molecule has 1 saturated heterocycles. The second-order valence-electron chi connectivity index (χ2n) is 4.42. The number of morpholine rings is 1. The number of hydrogen-bond donors (Lipinski definition) is 1. The lowest BCUT2D eigenvalue weighted by atomic mass is 10.1. The molecule has 1 aromatic rings. The lowest BCUT2D eigenvalue weighted by Gasteiger charge is -2.27. The van der Waals surface area contributed by atoms with Gasteiger partial charge in [-0.25, -0.2) is 0 Å². The van der Waals surface area contributed by atoms with Gasteiger partial charge in [0.15, 0.2) is 0 Å². The number of carbonyl (C=O) groups is 1. The molecule has 1 atom stereocenters. The van der Waals surface area contributed by atoms with Gasteiger partial charge in [-0.15, -0.1) is 0 Å².